The van der Waals surface area contributed by atoms with Crippen LogP contribution in [0.15, 0.2) is 44.4 Å². The average molecular weight is 424 g/mol. The Hall–Kier alpha value is -0.990. The second-order valence-corrected chi connectivity index (χ2v) is 7.31. The second kappa shape index (κ2) is 5.79. The molecule has 8 heteroatoms. The minimum atomic E-state index is -4.10. The number of anilines is 1. The maximum atomic E-state index is 13.5. The number of nitrogens with zero attached hydrogens (tertiary/aromatic N) is 1. The molecule has 2 aromatic rings. The van der Waals surface area contributed by atoms with Crippen LogP contribution in [0.25, 0.3) is 0 Å². The molecule has 0 saturated heterocycles. The first-order valence-electron chi connectivity index (χ1n) is 5.40. The number of pyridine rings is 1. The first kappa shape index (κ1) is 15.4. The number of aryl methyl sites for hydroxylation is 1. The Kier molecular flexibility index (Phi) is 4.46. The largest absolute Gasteiger partial charge is 0.282 e. The van der Waals surface area contributed by atoms with Crippen LogP contribution in [0.4, 0.5) is 10.1 Å². The molecule has 1 N–H and O–H groups in total. The summed E-state index contributed by atoms with van der Waals surface area (Å²) in [7, 11) is -4.10. The average Bonchev–Trinajstić information content (AvgIpc) is 2.34. The van der Waals surface area contributed by atoms with Crippen molar-refractivity contribution >= 4 is 47.6 Å². The van der Waals surface area contributed by atoms with E-state index in [0.29, 0.717) is 14.6 Å². The molecule has 0 atom stereocenters. The molecule has 4 nitrogen and oxygen atoms in total. The van der Waals surface area contributed by atoms with Crippen LogP contribution in [-0.4, -0.2) is 13.4 Å². The van der Waals surface area contributed by atoms with Crippen LogP contribution >= 0.6 is 31.9 Å². The van der Waals surface area contributed by atoms with Gasteiger partial charge in [-0.3, -0.25) is 4.72 Å². The zero-order chi connectivity index (χ0) is 14.9. The monoisotopic (exact) mass is 422 g/mol. The number of halogens is 3. The Morgan fingerprint density at radius 2 is 1.85 bits per heavy atom. The van der Waals surface area contributed by atoms with Crippen LogP contribution < -0.4 is 4.72 Å². The van der Waals surface area contributed by atoms with E-state index in [4.69, 9.17) is 0 Å². The van der Waals surface area contributed by atoms with Crippen molar-refractivity contribution in [1.29, 1.82) is 0 Å². The molecule has 0 bridgehead atoms. The zero-order valence-corrected chi connectivity index (χ0v) is 14.2. The third kappa shape index (κ3) is 3.18. The number of hydrogen-bond donors (Lipinski definition) is 1. The standard InChI is InChI=1S/C12H9Br2FN2O2S/c1-7-5-8(13)11(9(14)6-7)17-20(18,19)12-10(15)3-2-4-16-12/h2-6,17H,1H3. The fourth-order valence-corrected chi connectivity index (χ4v) is 4.53. The molecule has 0 unspecified atom stereocenters. The molecule has 0 aliphatic heterocycles. The summed E-state index contributed by atoms with van der Waals surface area (Å²) >= 11 is 6.54. The number of benzene rings is 1. The lowest BCUT2D eigenvalue weighted by Gasteiger charge is -2.12. The number of nitrogens with one attached hydrogen (secondary N) is 1. The summed E-state index contributed by atoms with van der Waals surface area (Å²) in [4.78, 5) is 3.57. The van der Waals surface area contributed by atoms with E-state index in [9.17, 15) is 12.8 Å². The Morgan fingerprint density at radius 1 is 1.25 bits per heavy atom. The molecule has 0 radical (unpaired) electrons. The van der Waals surface area contributed by atoms with E-state index in [-0.39, 0.29) is 0 Å². The number of hydrogen-bond acceptors (Lipinski definition) is 3. The molecule has 0 amide bonds. The summed E-state index contributed by atoms with van der Waals surface area (Å²) in [6.07, 6.45) is 1.22. The highest BCUT2D eigenvalue weighted by atomic mass is 79.9. The molecular weight excluding hydrogens is 415 g/mol. The van der Waals surface area contributed by atoms with Gasteiger partial charge >= 0.3 is 0 Å². The quantitative estimate of drug-likeness (QED) is 0.815. The van der Waals surface area contributed by atoms with E-state index < -0.39 is 20.9 Å². The van der Waals surface area contributed by atoms with Crippen molar-refractivity contribution in [2.75, 3.05) is 4.72 Å². The SMILES string of the molecule is Cc1cc(Br)c(NS(=O)(=O)c2ncccc2F)c(Br)c1. The van der Waals surface area contributed by atoms with E-state index in [2.05, 4.69) is 41.6 Å². The molecule has 0 fully saturated rings. The summed E-state index contributed by atoms with van der Waals surface area (Å²) in [5.74, 6) is -0.903. The lowest BCUT2D eigenvalue weighted by molar-refractivity contribution is 0.557. The van der Waals surface area contributed by atoms with Crippen LogP contribution in [0, 0.1) is 12.7 Å². The summed E-state index contributed by atoms with van der Waals surface area (Å²) in [5.41, 5.74) is 1.23. The van der Waals surface area contributed by atoms with Crippen LogP contribution in [0.3, 0.4) is 0 Å². The number of sulfonamides is 1. The minimum absolute atomic E-state index is 0.292. The molecule has 1 heterocycles. The lowest BCUT2D eigenvalue weighted by atomic mass is 10.2. The second-order valence-electron chi connectivity index (χ2n) is 4.00. The van der Waals surface area contributed by atoms with Crippen molar-refractivity contribution in [3.8, 4) is 0 Å². The minimum Gasteiger partial charge on any atom is -0.276 e. The third-order valence-corrected chi connectivity index (χ3v) is 4.94. The molecule has 1 aromatic carbocycles. The molecule has 106 valence electrons. The predicted octanol–water partition coefficient (Wildman–Crippen LogP) is 3.85. The maximum Gasteiger partial charge on any atom is 0.282 e. The Labute approximate surface area is 132 Å². The highest BCUT2D eigenvalue weighted by Gasteiger charge is 2.22. The van der Waals surface area contributed by atoms with E-state index in [1.54, 1.807) is 12.1 Å². The highest BCUT2D eigenvalue weighted by molar-refractivity contribution is 9.11. The van der Waals surface area contributed by atoms with Gasteiger partial charge in [-0.05, 0) is 68.6 Å². The summed E-state index contributed by atoms with van der Waals surface area (Å²) in [6.45, 7) is 1.87. The Balaban J connectivity index is 2.47. The summed E-state index contributed by atoms with van der Waals surface area (Å²) in [5, 5.41) is -0.639. The molecule has 0 aliphatic carbocycles. The van der Waals surface area contributed by atoms with Gasteiger partial charge in [0.25, 0.3) is 10.0 Å². The van der Waals surface area contributed by atoms with Gasteiger partial charge in [0.15, 0.2) is 5.82 Å². The van der Waals surface area contributed by atoms with Gasteiger partial charge in [-0.25, -0.2) is 9.37 Å². The van der Waals surface area contributed by atoms with Gasteiger partial charge in [0.05, 0.1) is 5.69 Å². The van der Waals surface area contributed by atoms with Crippen LogP contribution in [0.5, 0.6) is 0 Å². The number of aromatic nitrogens is 1. The molecule has 20 heavy (non-hydrogen) atoms. The van der Waals surface area contributed by atoms with E-state index in [0.717, 1.165) is 11.6 Å². The molecule has 0 aliphatic rings. The van der Waals surface area contributed by atoms with Crippen molar-refractivity contribution in [3.63, 3.8) is 0 Å². The topological polar surface area (TPSA) is 59.1 Å². The van der Waals surface area contributed by atoms with Crippen LogP contribution in [-0.2, 0) is 10.0 Å². The van der Waals surface area contributed by atoms with Crippen molar-refractivity contribution < 1.29 is 12.8 Å². The summed E-state index contributed by atoms with van der Waals surface area (Å²) in [6, 6.07) is 5.86. The molecule has 0 saturated carbocycles. The zero-order valence-electron chi connectivity index (χ0n) is 10.2. The van der Waals surface area contributed by atoms with Gasteiger partial charge in [0, 0.05) is 15.1 Å². The normalized spacial score (nSPS) is 11.4. The van der Waals surface area contributed by atoms with Crippen molar-refractivity contribution in [2.24, 2.45) is 0 Å². The van der Waals surface area contributed by atoms with Crippen LogP contribution in [0.2, 0.25) is 0 Å². The van der Waals surface area contributed by atoms with Gasteiger partial charge in [0.1, 0.15) is 0 Å². The van der Waals surface area contributed by atoms with Crippen LogP contribution in [0.1, 0.15) is 5.56 Å². The predicted molar refractivity (Wildman–Crippen MR) is 81.6 cm³/mol. The van der Waals surface area contributed by atoms with Gasteiger partial charge in [-0.15, -0.1) is 0 Å². The molecule has 0 spiro atoms. The van der Waals surface area contributed by atoms with Crippen molar-refractivity contribution in [1.82, 2.24) is 4.98 Å². The fraction of sp³-hybridized carbons (Fsp3) is 0.0833. The Bertz CT molecular complexity index is 743. The van der Waals surface area contributed by atoms with E-state index in [1.807, 2.05) is 6.92 Å². The van der Waals surface area contributed by atoms with Crippen molar-refractivity contribution in [2.45, 2.75) is 11.9 Å². The van der Waals surface area contributed by atoms with Gasteiger partial charge in [-0.2, -0.15) is 8.42 Å². The smallest absolute Gasteiger partial charge is 0.276 e. The molecular formula is C12H9Br2FN2O2S. The maximum absolute atomic E-state index is 13.5. The number of rotatable bonds is 3. The first-order valence-corrected chi connectivity index (χ1v) is 8.47. The first-order chi connectivity index (χ1) is 9.31. The van der Waals surface area contributed by atoms with Gasteiger partial charge in [-0.1, -0.05) is 0 Å². The molecule has 1 aromatic heterocycles. The third-order valence-electron chi connectivity index (χ3n) is 2.40. The van der Waals surface area contributed by atoms with Gasteiger partial charge in [0.2, 0.25) is 5.03 Å². The highest BCUT2D eigenvalue weighted by Crippen LogP contribution is 2.33. The van der Waals surface area contributed by atoms with Crippen molar-refractivity contribution in [3.05, 3.63) is 50.8 Å². The molecule has 2 rings (SSSR count). The summed E-state index contributed by atoms with van der Waals surface area (Å²) < 4.78 is 41.3. The van der Waals surface area contributed by atoms with E-state index in [1.165, 1.54) is 12.3 Å². The van der Waals surface area contributed by atoms with Gasteiger partial charge < -0.3 is 0 Å². The fourth-order valence-electron chi connectivity index (χ4n) is 1.55. The lowest BCUT2D eigenvalue weighted by Crippen LogP contribution is -2.16. The van der Waals surface area contributed by atoms with E-state index >= 15 is 0 Å². The Morgan fingerprint density at radius 3 is 2.40 bits per heavy atom.